The van der Waals surface area contributed by atoms with E-state index in [-0.39, 0.29) is 17.1 Å². The maximum atomic E-state index is 13.3. The monoisotopic (exact) mass is 482 g/mol. The summed E-state index contributed by atoms with van der Waals surface area (Å²) in [6.07, 6.45) is 1.09. The Morgan fingerprint density at radius 3 is 2.33 bits per heavy atom. The van der Waals surface area contributed by atoms with Crippen LogP contribution in [-0.2, 0) is 15.4 Å². The zero-order valence-corrected chi connectivity index (χ0v) is 20.0. The number of carbonyl (C=O) groups is 1. The highest BCUT2D eigenvalue weighted by atomic mass is 32.2. The molecule has 0 fully saturated rings. The van der Waals surface area contributed by atoms with Gasteiger partial charge in [-0.15, -0.1) is 11.3 Å². The average Bonchev–Trinajstić information content (AvgIpc) is 3.17. The number of rotatable bonds is 6. The second-order valence-electron chi connectivity index (χ2n) is 8.40. The largest absolute Gasteiger partial charge is 0.321 e. The summed E-state index contributed by atoms with van der Waals surface area (Å²) in [7, 11) is -3.38. The van der Waals surface area contributed by atoms with Crippen LogP contribution < -0.4 is 10.0 Å². The maximum Gasteiger partial charge on any atom is 0.265 e. The highest BCUT2D eigenvalue weighted by Crippen LogP contribution is 2.33. The van der Waals surface area contributed by atoms with E-state index < -0.39 is 10.0 Å². The van der Waals surface area contributed by atoms with Crippen LogP contribution in [0.25, 0.3) is 10.1 Å². The third-order valence-corrected chi connectivity index (χ3v) is 7.17. The van der Waals surface area contributed by atoms with Crippen LogP contribution in [0.4, 0.5) is 15.8 Å². The Morgan fingerprint density at radius 1 is 0.909 bits per heavy atom. The highest BCUT2D eigenvalue weighted by Gasteiger charge is 2.23. The van der Waals surface area contributed by atoms with Crippen LogP contribution in [0.2, 0.25) is 0 Å². The fourth-order valence-electron chi connectivity index (χ4n) is 3.64. The van der Waals surface area contributed by atoms with E-state index in [4.69, 9.17) is 0 Å². The first-order chi connectivity index (χ1) is 15.5. The lowest BCUT2D eigenvalue weighted by Crippen LogP contribution is -2.19. The first-order valence-electron chi connectivity index (χ1n) is 10.2. The van der Waals surface area contributed by atoms with E-state index in [0.29, 0.717) is 16.3 Å². The molecule has 0 saturated carbocycles. The molecule has 1 amide bonds. The molecule has 4 aromatic rings. The molecule has 1 heterocycles. The lowest BCUT2D eigenvalue weighted by molar-refractivity contribution is 0.103. The van der Waals surface area contributed by atoms with Gasteiger partial charge in [0, 0.05) is 21.5 Å². The average molecular weight is 483 g/mol. The van der Waals surface area contributed by atoms with Crippen molar-refractivity contribution in [1.29, 1.82) is 0 Å². The number of hydrogen-bond acceptors (Lipinski definition) is 4. The lowest BCUT2D eigenvalue weighted by Gasteiger charge is -2.26. The summed E-state index contributed by atoms with van der Waals surface area (Å²) >= 11 is 1.33. The highest BCUT2D eigenvalue weighted by molar-refractivity contribution is 7.92. The number of nitrogens with one attached hydrogen (secondary N) is 2. The van der Waals surface area contributed by atoms with E-state index in [1.54, 1.807) is 36.4 Å². The van der Waals surface area contributed by atoms with E-state index in [2.05, 4.69) is 23.9 Å². The molecular formula is C25H23FN2O3S2. The minimum atomic E-state index is -3.38. The minimum absolute atomic E-state index is 0.245. The summed E-state index contributed by atoms with van der Waals surface area (Å²) in [6, 6.07) is 20.9. The van der Waals surface area contributed by atoms with Crippen LogP contribution in [0, 0.1) is 5.82 Å². The minimum Gasteiger partial charge on any atom is -0.321 e. The van der Waals surface area contributed by atoms with E-state index >= 15 is 0 Å². The first-order valence-corrected chi connectivity index (χ1v) is 12.9. The molecule has 5 nitrogen and oxygen atoms in total. The van der Waals surface area contributed by atoms with Crippen LogP contribution in [-0.4, -0.2) is 20.6 Å². The van der Waals surface area contributed by atoms with Crippen molar-refractivity contribution in [3.8, 4) is 0 Å². The van der Waals surface area contributed by atoms with Gasteiger partial charge in [0.05, 0.1) is 11.1 Å². The van der Waals surface area contributed by atoms with Crippen LogP contribution in [0.15, 0.2) is 72.8 Å². The smallest absolute Gasteiger partial charge is 0.265 e. The molecule has 170 valence electrons. The normalized spacial score (nSPS) is 12.0. The quantitative estimate of drug-likeness (QED) is 0.354. The van der Waals surface area contributed by atoms with Crippen molar-refractivity contribution < 1.29 is 17.6 Å². The summed E-state index contributed by atoms with van der Waals surface area (Å²) in [5.41, 5.74) is 2.68. The molecule has 0 unspecified atom stereocenters. The van der Waals surface area contributed by atoms with Gasteiger partial charge in [0.25, 0.3) is 5.91 Å². The number of carbonyl (C=O) groups excluding carboxylic acids is 1. The molecule has 0 spiro atoms. The number of halogens is 1. The van der Waals surface area contributed by atoms with E-state index in [1.165, 1.54) is 23.5 Å². The van der Waals surface area contributed by atoms with E-state index in [0.717, 1.165) is 27.5 Å². The third-order valence-electron chi connectivity index (χ3n) is 5.45. The molecule has 0 atom stereocenters. The number of benzene rings is 3. The standard InChI is InChI=1S/C25H23FN2O3S2/c1-25(2,17-7-9-19(26)10-8-17)18-5-4-6-20(15-18)27-24(29)23-14-16-13-21(28-33(3,30)31)11-12-22(16)32-23/h4-15,28H,1-3H3,(H,27,29). The molecule has 0 aliphatic carbocycles. The van der Waals surface area contributed by atoms with Crippen LogP contribution in [0.1, 0.15) is 34.6 Å². The van der Waals surface area contributed by atoms with Gasteiger partial charge in [-0.2, -0.15) is 0 Å². The second kappa shape index (κ2) is 8.61. The topological polar surface area (TPSA) is 75.3 Å². The number of fused-ring (bicyclic) bond motifs is 1. The van der Waals surface area contributed by atoms with Crippen molar-refractivity contribution in [2.45, 2.75) is 19.3 Å². The zero-order chi connectivity index (χ0) is 23.8. The van der Waals surface area contributed by atoms with Gasteiger partial charge in [-0.3, -0.25) is 9.52 Å². The molecule has 2 N–H and O–H groups in total. The summed E-state index contributed by atoms with van der Waals surface area (Å²) in [6.45, 7) is 4.10. The Kier molecular flexibility index (Phi) is 5.99. The summed E-state index contributed by atoms with van der Waals surface area (Å²) < 4.78 is 39.6. The van der Waals surface area contributed by atoms with Crippen molar-refractivity contribution in [3.63, 3.8) is 0 Å². The van der Waals surface area contributed by atoms with Gasteiger partial charge in [-0.05, 0) is 65.0 Å². The number of hydrogen-bond donors (Lipinski definition) is 2. The molecule has 0 bridgehead atoms. The van der Waals surface area contributed by atoms with Crippen LogP contribution >= 0.6 is 11.3 Å². The van der Waals surface area contributed by atoms with Crippen molar-refractivity contribution in [3.05, 3.63) is 94.6 Å². The number of thiophene rings is 1. The van der Waals surface area contributed by atoms with Crippen molar-refractivity contribution >= 4 is 48.7 Å². The Morgan fingerprint density at radius 2 is 1.64 bits per heavy atom. The SMILES string of the molecule is CC(C)(c1ccc(F)cc1)c1cccc(NC(=O)c2cc3cc(NS(C)(=O)=O)ccc3s2)c1. The first kappa shape index (κ1) is 22.9. The van der Waals surface area contributed by atoms with Gasteiger partial charge in [-0.1, -0.05) is 38.1 Å². The molecule has 4 rings (SSSR count). The van der Waals surface area contributed by atoms with Gasteiger partial charge < -0.3 is 5.32 Å². The van der Waals surface area contributed by atoms with Gasteiger partial charge in [0.1, 0.15) is 5.82 Å². The fourth-order valence-corrected chi connectivity index (χ4v) is 5.14. The molecule has 1 aromatic heterocycles. The number of anilines is 2. The third kappa shape index (κ3) is 5.23. The second-order valence-corrected chi connectivity index (χ2v) is 11.2. The summed E-state index contributed by atoms with van der Waals surface area (Å²) in [5.74, 6) is -0.524. The fraction of sp³-hybridized carbons (Fsp3) is 0.160. The molecule has 0 aliphatic rings. The Balaban J connectivity index is 1.56. The zero-order valence-electron chi connectivity index (χ0n) is 18.3. The Hall–Kier alpha value is -3.23. The molecule has 8 heteroatoms. The van der Waals surface area contributed by atoms with Gasteiger partial charge in [0.15, 0.2) is 0 Å². The van der Waals surface area contributed by atoms with Gasteiger partial charge >= 0.3 is 0 Å². The molecule has 0 saturated heterocycles. The Bertz CT molecular complexity index is 1440. The maximum absolute atomic E-state index is 13.3. The summed E-state index contributed by atoms with van der Waals surface area (Å²) in [4.78, 5) is 13.4. The molecule has 0 radical (unpaired) electrons. The molecular weight excluding hydrogens is 459 g/mol. The molecule has 0 aliphatic heterocycles. The van der Waals surface area contributed by atoms with Gasteiger partial charge in [-0.25, -0.2) is 12.8 Å². The molecule has 33 heavy (non-hydrogen) atoms. The van der Waals surface area contributed by atoms with Crippen LogP contribution in [0.5, 0.6) is 0 Å². The lowest BCUT2D eigenvalue weighted by atomic mass is 9.78. The van der Waals surface area contributed by atoms with Crippen molar-refractivity contribution in [2.24, 2.45) is 0 Å². The van der Waals surface area contributed by atoms with E-state index in [1.807, 2.05) is 24.3 Å². The Labute approximate surface area is 196 Å². The van der Waals surface area contributed by atoms with E-state index in [9.17, 15) is 17.6 Å². The van der Waals surface area contributed by atoms with Crippen molar-refractivity contribution in [1.82, 2.24) is 0 Å². The predicted octanol–water partition coefficient (Wildman–Crippen LogP) is 5.99. The van der Waals surface area contributed by atoms with Crippen LogP contribution in [0.3, 0.4) is 0 Å². The number of sulfonamides is 1. The van der Waals surface area contributed by atoms with Crippen molar-refractivity contribution in [2.75, 3.05) is 16.3 Å². The van der Waals surface area contributed by atoms with Gasteiger partial charge in [0.2, 0.25) is 10.0 Å². The number of amides is 1. The predicted molar refractivity (Wildman–Crippen MR) is 133 cm³/mol. The summed E-state index contributed by atoms with van der Waals surface area (Å²) in [5, 5.41) is 3.73. The molecule has 3 aromatic carbocycles.